The maximum absolute atomic E-state index is 5.77. The van der Waals surface area contributed by atoms with Gasteiger partial charge in [0.15, 0.2) is 0 Å². The van der Waals surface area contributed by atoms with E-state index in [2.05, 4.69) is 30.6 Å². The summed E-state index contributed by atoms with van der Waals surface area (Å²) < 4.78 is 2.13. The number of nitrogens with two attached hydrogens (primary N) is 1. The Morgan fingerprint density at radius 1 is 1.38 bits per heavy atom. The van der Waals surface area contributed by atoms with Crippen LogP contribution in [0.1, 0.15) is 49.6 Å². The van der Waals surface area contributed by atoms with Crippen LogP contribution in [0.25, 0.3) is 0 Å². The van der Waals surface area contributed by atoms with Crippen LogP contribution in [-0.2, 0) is 12.0 Å². The maximum Gasteiger partial charge on any atom is 0.0634 e. The molecule has 1 aliphatic carbocycles. The van der Waals surface area contributed by atoms with Gasteiger partial charge in [-0.3, -0.25) is 4.68 Å². The predicted molar refractivity (Wildman–Crippen MR) is 66.6 cm³/mol. The third-order valence-corrected chi connectivity index (χ3v) is 4.14. The lowest BCUT2D eigenvalue weighted by molar-refractivity contribution is 0.227. The minimum atomic E-state index is 0.357. The second kappa shape index (κ2) is 4.21. The van der Waals surface area contributed by atoms with Crippen molar-refractivity contribution in [1.82, 2.24) is 9.78 Å². The van der Waals surface area contributed by atoms with Gasteiger partial charge in [0.05, 0.1) is 5.69 Å². The third kappa shape index (κ3) is 1.58. The summed E-state index contributed by atoms with van der Waals surface area (Å²) in [5, 5.41) is 4.63. The Balaban J connectivity index is 2.41. The largest absolute Gasteiger partial charge is 0.330 e. The van der Waals surface area contributed by atoms with E-state index in [1.54, 1.807) is 0 Å². The van der Waals surface area contributed by atoms with Crippen molar-refractivity contribution in [2.75, 3.05) is 6.54 Å². The van der Waals surface area contributed by atoms with E-state index in [0.717, 1.165) is 19.5 Å². The van der Waals surface area contributed by atoms with Gasteiger partial charge in [0.2, 0.25) is 0 Å². The highest BCUT2D eigenvalue weighted by atomic mass is 15.3. The summed E-state index contributed by atoms with van der Waals surface area (Å²) in [5.41, 5.74) is 10.2. The van der Waals surface area contributed by atoms with Crippen molar-refractivity contribution in [2.24, 2.45) is 5.73 Å². The van der Waals surface area contributed by atoms with Gasteiger partial charge in [0.25, 0.3) is 0 Å². The van der Waals surface area contributed by atoms with Crippen molar-refractivity contribution >= 4 is 0 Å². The molecule has 3 heteroatoms. The number of rotatable bonds is 4. The van der Waals surface area contributed by atoms with E-state index >= 15 is 0 Å². The Bertz CT molecular complexity index is 375. The fourth-order valence-corrected chi connectivity index (χ4v) is 3.28. The lowest BCUT2D eigenvalue weighted by Crippen LogP contribution is -2.37. The molecule has 2 rings (SSSR count). The van der Waals surface area contributed by atoms with Gasteiger partial charge in [-0.25, -0.2) is 0 Å². The monoisotopic (exact) mass is 221 g/mol. The molecular formula is C13H23N3. The maximum atomic E-state index is 5.77. The molecule has 0 spiro atoms. The predicted octanol–water partition coefficient (Wildman–Crippen LogP) is 2.29. The van der Waals surface area contributed by atoms with Gasteiger partial charge in [0, 0.05) is 23.2 Å². The highest BCUT2D eigenvalue weighted by Gasteiger charge is 2.41. The van der Waals surface area contributed by atoms with Crippen molar-refractivity contribution in [1.29, 1.82) is 0 Å². The Morgan fingerprint density at radius 3 is 2.44 bits per heavy atom. The first kappa shape index (κ1) is 11.6. The molecule has 2 N–H and O–H groups in total. The molecule has 1 saturated carbocycles. The van der Waals surface area contributed by atoms with E-state index < -0.39 is 0 Å². The molecular weight excluding hydrogens is 198 g/mol. The number of aryl methyl sites for hydroxylation is 2. The molecule has 0 radical (unpaired) electrons. The fraction of sp³-hybridized carbons (Fsp3) is 0.769. The van der Waals surface area contributed by atoms with Gasteiger partial charge < -0.3 is 5.73 Å². The van der Waals surface area contributed by atoms with Crippen LogP contribution >= 0.6 is 0 Å². The van der Waals surface area contributed by atoms with Crippen molar-refractivity contribution in [3.63, 3.8) is 0 Å². The van der Waals surface area contributed by atoms with Crippen LogP contribution in [0.15, 0.2) is 0 Å². The standard InChI is InChI=1S/C13H23N3/c1-4-16-11(3)12(10(2)15-16)13(8-9-14)6-5-7-13/h4-9,14H2,1-3H3. The molecule has 1 heterocycles. The smallest absolute Gasteiger partial charge is 0.0634 e. The lowest BCUT2D eigenvalue weighted by Gasteiger charge is -2.42. The quantitative estimate of drug-likeness (QED) is 0.847. The van der Waals surface area contributed by atoms with Crippen LogP contribution in [0.2, 0.25) is 0 Å². The van der Waals surface area contributed by atoms with E-state index in [9.17, 15) is 0 Å². The normalized spacial score (nSPS) is 18.5. The van der Waals surface area contributed by atoms with Crippen LogP contribution in [-0.4, -0.2) is 16.3 Å². The average molecular weight is 221 g/mol. The van der Waals surface area contributed by atoms with Crippen molar-refractivity contribution in [3.05, 3.63) is 17.0 Å². The summed E-state index contributed by atoms with van der Waals surface area (Å²) in [7, 11) is 0. The number of aromatic nitrogens is 2. The minimum absolute atomic E-state index is 0.357. The third-order valence-electron chi connectivity index (χ3n) is 4.14. The molecule has 0 amide bonds. The van der Waals surface area contributed by atoms with Crippen molar-refractivity contribution < 1.29 is 0 Å². The van der Waals surface area contributed by atoms with Gasteiger partial charge in [-0.2, -0.15) is 5.10 Å². The minimum Gasteiger partial charge on any atom is -0.330 e. The molecule has 90 valence electrons. The van der Waals surface area contributed by atoms with E-state index in [1.165, 1.54) is 36.2 Å². The van der Waals surface area contributed by atoms with E-state index in [0.29, 0.717) is 5.41 Å². The zero-order valence-electron chi connectivity index (χ0n) is 10.7. The average Bonchev–Trinajstić information content (AvgIpc) is 2.49. The Kier molecular flexibility index (Phi) is 3.06. The number of nitrogens with zero attached hydrogens (tertiary/aromatic N) is 2. The highest BCUT2D eigenvalue weighted by Crippen LogP contribution is 2.48. The van der Waals surface area contributed by atoms with Gasteiger partial charge in [-0.15, -0.1) is 0 Å². The van der Waals surface area contributed by atoms with Gasteiger partial charge in [-0.1, -0.05) is 6.42 Å². The second-order valence-electron chi connectivity index (χ2n) is 5.03. The summed E-state index contributed by atoms with van der Waals surface area (Å²) in [4.78, 5) is 0. The molecule has 0 atom stereocenters. The molecule has 1 aromatic heterocycles. The first-order chi connectivity index (χ1) is 7.64. The summed E-state index contributed by atoms with van der Waals surface area (Å²) in [6, 6.07) is 0. The Hall–Kier alpha value is -0.830. The molecule has 0 aliphatic heterocycles. The lowest BCUT2D eigenvalue weighted by atomic mass is 9.62. The van der Waals surface area contributed by atoms with Crippen LogP contribution in [0.3, 0.4) is 0 Å². The van der Waals surface area contributed by atoms with Crippen LogP contribution in [0.4, 0.5) is 0 Å². The molecule has 0 bridgehead atoms. The molecule has 16 heavy (non-hydrogen) atoms. The summed E-state index contributed by atoms with van der Waals surface area (Å²) >= 11 is 0. The second-order valence-corrected chi connectivity index (χ2v) is 5.03. The Labute approximate surface area is 98.0 Å². The van der Waals surface area contributed by atoms with Crippen LogP contribution in [0, 0.1) is 13.8 Å². The highest BCUT2D eigenvalue weighted by molar-refractivity contribution is 5.35. The van der Waals surface area contributed by atoms with Gasteiger partial charge in [-0.05, 0) is 46.6 Å². The van der Waals surface area contributed by atoms with Crippen molar-refractivity contribution in [3.8, 4) is 0 Å². The summed E-state index contributed by atoms with van der Waals surface area (Å²) in [5.74, 6) is 0. The van der Waals surface area contributed by atoms with Crippen molar-refractivity contribution in [2.45, 2.75) is 58.4 Å². The zero-order chi connectivity index (χ0) is 11.8. The topological polar surface area (TPSA) is 43.8 Å². The van der Waals surface area contributed by atoms with Gasteiger partial charge in [0.1, 0.15) is 0 Å². The molecule has 3 nitrogen and oxygen atoms in total. The van der Waals surface area contributed by atoms with E-state index in [1.807, 2.05) is 0 Å². The molecule has 0 aromatic carbocycles. The number of hydrogen-bond donors (Lipinski definition) is 1. The summed E-state index contributed by atoms with van der Waals surface area (Å²) in [6.45, 7) is 8.25. The molecule has 0 unspecified atom stereocenters. The van der Waals surface area contributed by atoms with E-state index in [4.69, 9.17) is 5.73 Å². The Morgan fingerprint density at radius 2 is 2.06 bits per heavy atom. The zero-order valence-corrected chi connectivity index (χ0v) is 10.7. The van der Waals surface area contributed by atoms with Crippen LogP contribution < -0.4 is 5.73 Å². The molecule has 0 saturated heterocycles. The molecule has 1 fully saturated rings. The summed E-state index contributed by atoms with van der Waals surface area (Å²) in [6.07, 6.45) is 5.04. The van der Waals surface area contributed by atoms with E-state index in [-0.39, 0.29) is 0 Å². The molecule has 1 aliphatic rings. The first-order valence-electron chi connectivity index (χ1n) is 6.39. The van der Waals surface area contributed by atoms with Gasteiger partial charge >= 0.3 is 0 Å². The first-order valence-corrected chi connectivity index (χ1v) is 6.39. The SMILES string of the molecule is CCn1nc(C)c(C2(CCN)CCC2)c1C. The number of hydrogen-bond acceptors (Lipinski definition) is 2. The molecule has 1 aromatic rings. The fourth-order valence-electron chi connectivity index (χ4n) is 3.28. The van der Waals surface area contributed by atoms with Crippen LogP contribution in [0.5, 0.6) is 0 Å².